The Balaban J connectivity index is 0.00000364. The van der Waals surface area contributed by atoms with E-state index in [0.717, 1.165) is 63.9 Å². The van der Waals surface area contributed by atoms with Crippen LogP contribution in [0.25, 0.3) is 0 Å². The Labute approximate surface area is 181 Å². The van der Waals surface area contributed by atoms with Crippen LogP contribution in [0.1, 0.15) is 27.2 Å². The van der Waals surface area contributed by atoms with Crippen molar-refractivity contribution in [1.82, 2.24) is 15.1 Å². The topological polar surface area (TPSA) is 54.3 Å². The third-order valence-electron chi connectivity index (χ3n) is 5.19. The number of hydrogen-bond acceptors (Lipinski definition) is 4. The standard InChI is InChI=1S/C20H35N5O.HI/c1-5-17(3)23(4)12-11-22-20(21-6-2)25-15-13-24(14-16-25)18-9-7-8-10-19(18)26;/h7-10,17,26H,5-6,11-16H2,1-4H3,(H,21,22);1H. The first-order chi connectivity index (χ1) is 12.6. The molecule has 0 aliphatic carbocycles. The van der Waals surface area contributed by atoms with Crippen molar-refractivity contribution in [3.63, 3.8) is 0 Å². The minimum absolute atomic E-state index is 0. The number of rotatable bonds is 7. The summed E-state index contributed by atoms with van der Waals surface area (Å²) in [6.45, 7) is 12.8. The van der Waals surface area contributed by atoms with Crippen LogP contribution in [0.4, 0.5) is 5.69 Å². The fraction of sp³-hybridized carbons (Fsp3) is 0.650. The third kappa shape index (κ3) is 7.03. The summed E-state index contributed by atoms with van der Waals surface area (Å²) < 4.78 is 0. The van der Waals surface area contributed by atoms with E-state index in [1.54, 1.807) is 6.07 Å². The molecule has 1 saturated heterocycles. The number of nitrogens with one attached hydrogen (secondary N) is 1. The predicted octanol–water partition coefficient (Wildman–Crippen LogP) is 2.83. The SMILES string of the molecule is CCNC(=NCCN(C)C(C)CC)N1CCN(c2ccccc2O)CC1.I. The summed E-state index contributed by atoms with van der Waals surface area (Å²) in [4.78, 5) is 11.8. The second-order valence-corrected chi connectivity index (χ2v) is 6.94. The molecule has 154 valence electrons. The van der Waals surface area contributed by atoms with E-state index < -0.39 is 0 Å². The van der Waals surface area contributed by atoms with E-state index in [2.05, 4.69) is 47.8 Å². The zero-order chi connectivity index (χ0) is 18.9. The molecule has 0 radical (unpaired) electrons. The first kappa shape index (κ1) is 23.8. The zero-order valence-corrected chi connectivity index (χ0v) is 19.5. The van der Waals surface area contributed by atoms with Crippen molar-refractivity contribution >= 4 is 35.6 Å². The molecule has 2 rings (SSSR count). The number of guanidine groups is 1. The molecule has 6 nitrogen and oxygen atoms in total. The Morgan fingerprint density at radius 1 is 1.22 bits per heavy atom. The smallest absolute Gasteiger partial charge is 0.194 e. The van der Waals surface area contributed by atoms with Gasteiger partial charge in [-0.2, -0.15) is 0 Å². The van der Waals surface area contributed by atoms with Gasteiger partial charge >= 0.3 is 0 Å². The molecule has 27 heavy (non-hydrogen) atoms. The number of nitrogens with zero attached hydrogens (tertiary/aromatic N) is 4. The number of aliphatic imine (C=N–C) groups is 1. The van der Waals surface area contributed by atoms with Gasteiger partial charge in [0.1, 0.15) is 5.75 Å². The van der Waals surface area contributed by atoms with E-state index >= 15 is 0 Å². The molecule has 1 aromatic rings. The first-order valence-corrected chi connectivity index (χ1v) is 9.83. The van der Waals surface area contributed by atoms with Gasteiger partial charge < -0.3 is 25.1 Å². The summed E-state index contributed by atoms with van der Waals surface area (Å²) in [7, 11) is 2.17. The summed E-state index contributed by atoms with van der Waals surface area (Å²) in [5.41, 5.74) is 0.921. The van der Waals surface area contributed by atoms with Crippen molar-refractivity contribution in [3.05, 3.63) is 24.3 Å². The van der Waals surface area contributed by atoms with Gasteiger partial charge in [-0.15, -0.1) is 24.0 Å². The van der Waals surface area contributed by atoms with Crippen LogP contribution in [0.5, 0.6) is 5.75 Å². The van der Waals surface area contributed by atoms with Crippen LogP contribution >= 0.6 is 24.0 Å². The second kappa shape index (κ2) is 12.3. The van der Waals surface area contributed by atoms with E-state index in [-0.39, 0.29) is 24.0 Å². The Morgan fingerprint density at radius 2 is 1.89 bits per heavy atom. The van der Waals surface area contributed by atoms with Crippen molar-refractivity contribution in [2.45, 2.75) is 33.2 Å². The lowest BCUT2D eigenvalue weighted by molar-refractivity contribution is 0.258. The number of phenolic OH excluding ortho intramolecular Hbond substituents is 1. The molecule has 0 bridgehead atoms. The predicted molar refractivity (Wildman–Crippen MR) is 126 cm³/mol. The van der Waals surface area contributed by atoms with Crippen LogP contribution in [0.2, 0.25) is 0 Å². The van der Waals surface area contributed by atoms with Gasteiger partial charge in [-0.1, -0.05) is 19.1 Å². The Kier molecular flexibility index (Phi) is 10.8. The quantitative estimate of drug-likeness (QED) is 0.351. The fourth-order valence-electron chi connectivity index (χ4n) is 3.16. The van der Waals surface area contributed by atoms with Crippen LogP contribution in [0.15, 0.2) is 29.3 Å². The monoisotopic (exact) mass is 489 g/mol. The second-order valence-electron chi connectivity index (χ2n) is 6.94. The van der Waals surface area contributed by atoms with Crippen molar-refractivity contribution in [1.29, 1.82) is 0 Å². The minimum Gasteiger partial charge on any atom is -0.506 e. The van der Waals surface area contributed by atoms with Gasteiger partial charge in [0, 0.05) is 45.3 Å². The summed E-state index contributed by atoms with van der Waals surface area (Å²) in [6.07, 6.45) is 1.16. The van der Waals surface area contributed by atoms with E-state index in [4.69, 9.17) is 4.99 Å². The van der Waals surface area contributed by atoms with Gasteiger partial charge in [0.25, 0.3) is 0 Å². The molecule has 1 aliphatic heterocycles. The van der Waals surface area contributed by atoms with Crippen molar-refractivity contribution in [3.8, 4) is 5.75 Å². The molecule has 0 aromatic heterocycles. The Morgan fingerprint density at radius 3 is 2.48 bits per heavy atom. The van der Waals surface area contributed by atoms with Gasteiger partial charge in [0.15, 0.2) is 5.96 Å². The lowest BCUT2D eigenvalue weighted by Crippen LogP contribution is -2.52. The number of para-hydroxylation sites is 2. The van der Waals surface area contributed by atoms with E-state index in [1.807, 2.05) is 18.2 Å². The van der Waals surface area contributed by atoms with Crippen molar-refractivity contribution in [2.24, 2.45) is 4.99 Å². The van der Waals surface area contributed by atoms with E-state index in [1.165, 1.54) is 0 Å². The van der Waals surface area contributed by atoms with Crippen LogP contribution in [-0.4, -0.2) is 79.8 Å². The Bertz CT molecular complexity index is 575. The molecule has 7 heteroatoms. The van der Waals surface area contributed by atoms with Gasteiger partial charge in [-0.25, -0.2) is 0 Å². The number of piperazine rings is 1. The van der Waals surface area contributed by atoms with Gasteiger partial charge in [-0.3, -0.25) is 4.99 Å². The van der Waals surface area contributed by atoms with Crippen LogP contribution in [0.3, 0.4) is 0 Å². The molecule has 1 heterocycles. The molecule has 1 fully saturated rings. The highest BCUT2D eigenvalue weighted by atomic mass is 127. The third-order valence-corrected chi connectivity index (χ3v) is 5.19. The molecule has 0 saturated carbocycles. The summed E-state index contributed by atoms with van der Waals surface area (Å²) in [5, 5.41) is 13.5. The van der Waals surface area contributed by atoms with Crippen LogP contribution in [-0.2, 0) is 0 Å². The number of aromatic hydroxyl groups is 1. The van der Waals surface area contributed by atoms with Gasteiger partial charge in [-0.05, 0) is 39.4 Å². The Hall–Kier alpha value is -1.22. The highest BCUT2D eigenvalue weighted by Gasteiger charge is 2.21. The molecule has 0 amide bonds. The summed E-state index contributed by atoms with van der Waals surface area (Å²) >= 11 is 0. The fourth-order valence-corrected chi connectivity index (χ4v) is 3.16. The molecular weight excluding hydrogens is 453 g/mol. The molecule has 1 unspecified atom stereocenters. The van der Waals surface area contributed by atoms with E-state index in [9.17, 15) is 5.11 Å². The molecule has 1 aromatic carbocycles. The number of likely N-dealkylation sites (N-methyl/N-ethyl adjacent to an activating group) is 1. The van der Waals surface area contributed by atoms with Crippen molar-refractivity contribution < 1.29 is 5.11 Å². The molecule has 2 N–H and O–H groups in total. The van der Waals surface area contributed by atoms with E-state index in [0.29, 0.717) is 11.8 Å². The normalized spacial score (nSPS) is 16.3. The lowest BCUT2D eigenvalue weighted by atomic mass is 10.2. The highest BCUT2D eigenvalue weighted by molar-refractivity contribution is 14.0. The first-order valence-electron chi connectivity index (χ1n) is 9.83. The number of halogens is 1. The van der Waals surface area contributed by atoms with Crippen molar-refractivity contribution in [2.75, 3.05) is 57.8 Å². The van der Waals surface area contributed by atoms with Crippen LogP contribution < -0.4 is 10.2 Å². The van der Waals surface area contributed by atoms with Crippen LogP contribution in [0, 0.1) is 0 Å². The molecule has 1 atom stereocenters. The average Bonchev–Trinajstić information content (AvgIpc) is 2.67. The zero-order valence-electron chi connectivity index (χ0n) is 17.2. The largest absolute Gasteiger partial charge is 0.506 e. The maximum atomic E-state index is 10.1. The lowest BCUT2D eigenvalue weighted by Gasteiger charge is -2.38. The summed E-state index contributed by atoms with van der Waals surface area (Å²) in [6, 6.07) is 8.16. The van der Waals surface area contributed by atoms with Gasteiger partial charge in [0.05, 0.1) is 12.2 Å². The molecule has 0 spiro atoms. The maximum absolute atomic E-state index is 10.1. The minimum atomic E-state index is 0. The highest BCUT2D eigenvalue weighted by Crippen LogP contribution is 2.27. The number of phenols is 1. The number of hydrogen-bond donors (Lipinski definition) is 2. The number of anilines is 1. The average molecular weight is 489 g/mol. The summed E-state index contributed by atoms with van der Waals surface area (Å²) in [5.74, 6) is 1.36. The van der Waals surface area contributed by atoms with Gasteiger partial charge in [0.2, 0.25) is 0 Å². The number of benzene rings is 1. The molecular formula is C20H36IN5O. The molecule has 1 aliphatic rings. The maximum Gasteiger partial charge on any atom is 0.194 e.